The second kappa shape index (κ2) is 9.41. The molecule has 1 saturated heterocycles. The second-order valence-electron chi connectivity index (χ2n) is 9.29. The minimum Gasteiger partial charge on any atom is -0.356 e. The monoisotopic (exact) mass is 430 g/mol. The molecule has 5 rings (SSSR count). The van der Waals surface area contributed by atoms with Crippen molar-refractivity contribution >= 4 is 5.82 Å². The zero-order valence-electron chi connectivity index (χ0n) is 19.4. The van der Waals surface area contributed by atoms with E-state index in [1.807, 2.05) is 17.9 Å². The molecule has 6 heteroatoms. The average molecular weight is 431 g/mol. The minimum absolute atomic E-state index is 0.458. The van der Waals surface area contributed by atoms with E-state index >= 15 is 0 Å². The fraction of sp³-hybridized carbons (Fsp3) is 0.500. The maximum atomic E-state index is 5.19. The van der Waals surface area contributed by atoms with Gasteiger partial charge in [0.05, 0.1) is 5.69 Å². The number of aryl methyl sites for hydroxylation is 2. The molecule has 0 spiro atoms. The molecular weight excluding hydrogens is 396 g/mol. The molecule has 2 aromatic heterocycles. The molecule has 2 aliphatic heterocycles. The Morgan fingerprint density at radius 3 is 2.56 bits per heavy atom. The highest BCUT2D eigenvalue weighted by atomic mass is 15.3. The third-order valence-corrected chi connectivity index (χ3v) is 7.14. The molecule has 32 heavy (non-hydrogen) atoms. The molecule has 168 valence electrons. The molecule has 1 aromatic carbocycles. The zero-order valence-corrected chi connectivity index (χ0v) is 19.4. The number of rotatable bonds is 6. The maximum Gasteiger partial charge on any atom is 0.135 e. The van der Waals surface area contributed by atoms with Crippen molar-refractivity contribution in [1.29, 1.82) is 0 Å². The van der Waals surface area contributed by atoms with Gasteiger partial charge in [-0.1, -0.05) is 30.3 Å². The number of hydrogen-bond donors (Lipinski definition) is 0. The Hall–Kier alpha value is -2.73. The molecular formula is C26H34N6. The van der Waals surface area contributed by atoms with E-state index in [9.17, 15) is 0 Å². The van der Waals surface area contributed by atoms with Gasteiger partial charge in [-0.05, 0) is 63.7 Å². The fourth-order valence-corrected chi connectivity index (χ4v) is 5.15. The summed E-state index contributed by atoms with van der Waals surface area (Å²) >= 11 is 0. The molecule has 2 aliphatic rings. The Morgan fingerprint density at radius 2 is 1.81 bits per heavy atom. The van der Waals surface area contributed by atoms with Crippen molar-refractivity contribution in [3.05, 3.63) is 70.9 Å². The molecule has 0 saturated carbocycles. The van der Waals surface area contributed by atoms with Crippen molar-refractivity contribution < 1.29 is 0 Å². The van der Waals surface area contributed by atoms with Gasteiger partial charge < -0.3 is 4.90 Å². The van der Waals surface area contributed by atoms with Gasteiger partial charge in [-0.25, -0.2) is 9.97 Å². The third-order valence-electron chi connectivity index (χ3n) is 7.14. The van der Waals surface area contributed by atoms with E-state index in [1.54, 1.807) is 0 Å². The van der Waals surface area contributed by atoms with Crippen LogP contribution in [0.15, 0.2) is 42.6 Å². The van der Waals surface area contributed by atoms with E-state index in [0.717, 1.165) is 64.2 Å². The van der Waals surface area contributed by atoms with Crippen LogP contribution >= 0.6 is 0 Å². The largest absolute Gasteiger partial charge is 0.356 e. The lowest BCUT2D eigenvalue weighted by Crippen LogP contribution is -2.35. The van der Waals surface area contributed by atoms with Gasteiger partial charge >= 0.3 is 0 Å². The van der Waals surface area contributed by atoms with Crippen molar-refractivity contribution in [1.82, 2.24) is 24.6 Å². The van der Waals surface area contributed by atoms with Crippen molar-refractivity contribution in [2.45, 2.75) is 51.5 Å². The predicted octanol–water partition coefficient (Wildman–Crippen LogP) is 3.89. The van der Waals surface area contributed by atoms with E-state index in [2.05, 4.69) is 58.2 Å². The number of hydrogen-bond acceptors (Lipinski definition) is 5. The number of fused-ring (bicyclic) bond motifs is 1. The van der Waals surface area contributed by atoms with Gasteiger partial charge in [0.2, 0.25) is 0 Å². The van der Waals surface area contributed by atoms with Crippen LogP contribution in [0.25, 0.3) is 0 Å². The Labute approximate surface area is 191 Å². The molecule has 0 atom stereocenters. The van der Waals surface area contributed by atoms with Gasteiger partial charge in [0.1, 0.15) is 11.6 Å². The Morgan fingerprint density at radius 1 is 1.00 bits per heavy atom. The molecule has 0 aliphatic carbocycles. The Balaban J connectivity index is 1.27. The van der Waals surface area contributed by atoms with Gasteiger partial charge in [-0.2, -0.15) is 5.10 Å². The number of piperidine rings is 1. The molecule has 0 N–H and O–H groups in total. The normalized spacial score (nSPS) is 17.5. The molecule has 4 heterocycles. The molecule has 3 aromatic rings. The summed E-state index contributed by atoms with van der Waals surface area (Å²) in [6, 6.07) is 12.9. The van der Waals surface area contributed by atoms with Gasteiger partial charge in [-0.15, -0.1) is 0 Å². The van der Waals surface area contributed by atoms with Crippen molar-refractivity contribution in [2.75, 3.05) is 31.1 Å². The first-order valence-electron chi connectivity index (χ1n) is 12.0. The highest BCUT2D eigenvalue weighted by Gasteiger charge is 2.27. The SMILES string of the molecule is Cc1nc(C2CCN(Cc3ccnn3C)CC2)nc2c1CCCN2CCc1ccccc1. The molecule has 0 radical (unpaired) electrons. The number of anilines is 1. The van der Waals surface area contributed by atoms with Crippen LogP contribution in [0.3, 0.4) is 0 Å². The van der Waals surface area contributed by atoms with Crippen LogP contribution in [0.2, 0.25) is 0 Å². The van der Waals surface area contributed by atoms with Gasteiger partial charge in [0, 0.05) is 50.1 Å². The topological polar surface area (TPSA) is 50.1 Å². The van der Waals surface area contributed by atoms with Crippen molar-refractivity contribution in [2.24, 2.45) is 7.05 Å². The first-order chi connectivity index (χ1) is 15.7. The number of nitrogens with zero attached hydrogens (tertiary/aromatic N) is 6. The smallest absolute Gasteiger partial charge is 0.135 e. The Bertz CT molecular complexity index is 1040. The second-order valence-corrected chi connectivity index (χ2v) is 9.29. The van der Waals surface area contributed by atoms with Crippen molar-refractivity contribution in [3.63, 3.8) is 0 Å². The van der Waals surface area contributed by atoms with Gasteiger partial charge in [-0.3, -0.25) is 9.58 Å². The number of aromatic nitrogens is 4. The van der Waals surface area contributed by atoms with Gasteiger partial charge in [0.25, 0.3) is 0 Å². The summed E-state index contributed by atoms with van der Waals surface area (Å²) in [5.41, 5.74) is 5.22. The first kappa shape index (κ1) is 21.1. The van der Waals surface area contributed by atoms with Crippen LogP contribution in [0, 0.1) is 6.92 Å². The van der Waals surface area contributed by atoms with Crippen LogP contribution in [-0.4, -0.2) is 50.8 Å². The summed E-state index contributed by atoms with van der Waals surface area (Å²) in [4.78, 5) is 15.2. The lowest BCUT2D eigenvalue weighted by Gasteiger charge is -2.34. The summed E-state index contributed by atoms with van der Waals surface area (Å²) in [5.74, 6) is 2.72. The van der Waals surface area contributed by atoms with E-state index in [4.69, 9.17) is 9.97 Å². The quantitative estimate of drug-likeness (QED) is 0.594. The first-order valence-corrected chi connectivity index (χ1v) is 12.0. The third kappa shape index (κ3) is 4.56. The lowest BCUT2D eigenvalue weighted by molar-refractivity contribution is 0.197. The molecule has 0 bridgehead atoms. The molecule has 0 unspecified atom stereocenters. The van der Waals surface area contributed by atoms with Crippen LogP contribution < -0.4 is 4.90 Å². The average Bonchev–Trinajstić information content (AvgIpc) is 3.23. The highest BCUT2D eigenvalue weighted by molar-refractivity contribution is 5.51. The van der Waals surface area contributed by atoms with Crippen molar-refractivity contribution in [3.8, 4) is 0 Å². The van der Waals surface area contributed by atoms with E-state index in [1.165, 1.54) is 34.8 Å². The number of likely N-dealkylation sites (tertiary alicyclic amines) is 1. The van der Waals surface area contributed by atoms with E-state index < -0.39 is 0 Å². The van der Waals surface area contributed by atoms with Crippen LogP contribution in [0.4, 0.5) is 5.82 Å². The maximum absolute atomic E-state index is 5.19. The summed E-state index contributed by atoms with van der Waals surface area (Å²) in [7, 11) is 2.02. The standard InChI is InChI=1S/C26H34N6/c1-20-24-9-6-15-32(18-11-21-7-4-3-5-8-21)26(24)29-25(28-20)22-12-16-31(17-13-22)19-23-10-14-27-30(23)2/h3-5,7-8,10,14,22H,6,9,11-13,15-19H2,1-2H3. The van der Waals surface area contributed by atoms with E-state index in [-0.39, 0.29) is 0 Å². The lowest BCUT2D eigenvalue weighted by atomic mass is 9.94. The predicted molar refractivity (Wildman–Crippen MR) is 128 cm³/mol. The summed E-state index contributed by atoms with van der Waals surface area (Å²) in [6.45, 7) is 7.46. The van der Waals surface area contributed by atoms with Crippen LogP contribution in [-0.2, 0) is 26.4 Å². The van der Waals surface area contributed by atoms with Gasteiger partial charge in [0.15, 0.2) is 0 Å². The summed E-state index contributed by atoms with van der Waals surface area (Å²) in [5, 5.41) is 4.30. The highest BCUT2D eigenvalue weighted by Crippen LogP contribution is 2.32. The van der Waals surface area contributed by atoms with Crippen LogP contribution in [0.5, 0.6) is 0 Å². The Kier molecular flexibility index (Phi) is 6.21. The molecule has 6 nitrogen and oxygen atoms in total. The molecule has 1 fully saturated rings. The zero-order chi connectivity index (χ0) is 21.9. The summed E-state index contributed by atoms with van der Waals surface area (Å²) in [6.07, 6.45) is 7.49. The van der Waals surface area contributed by atoms with Crippen LogP contribution in [0.1, 0.15) is 53.5 Å². The minimum atomic E-state index is 0.458. The summed E-state index contributed by atoms with van der Waals surface area (Å²) < 4.78 is 1.98. The number of benzene rings is 1. The fourth-order valence-electron chi connectivity index (χ4n) is 5.15. The molecule has 0 amide bonds. The van der Waals surface area contributed by atoms with E-state index in [0.29, 0.717) is 5.92 Å².